The number of thiocarbonyl (C=S) groups is 1. The van der Waals surface area contributed by atoms with Crippen LogP contribution in [0.2, 0.25) is 0 Å². The lowest BCUT2D eigenvalue weighted by molar-refractivity contribution is 0.0926. The summed E-state index contributed by atoms with van der Waals surface area (Å²) in [5.74, 6) is 0. The van der Waals surface area contributed by atoms with Crippen molar-refractivity contribution in [3.8, 4) is 0 Å². The zero-order valence-electron chi connectivity index (χ0n) is 10.4. The first-order valence-corrected chi connectivity index (χ1v) is 6.02. The van der Waals surface area contributed by atoms with Gasteiger partial charge in [0.05, 0.1) is 6.61 Å². The Morgan fingerprint density at radius 2 is 2.12 bits per heavy atom. The third-order valence-electron chi connectivity index (χ3n) is 2.52. The maximum absolute atomic E-state index is 5.57. The second-order valence-corrected chi connectivity index (χ2v) is 4.34. The van der Waals surface area contributed by atoms with Gasteiger partial charge >= 0.3 is 0 Å². The van der Waals surface area contributed by atoms with Crippen LogP contribution >= 0.6 is 12.2 Å². The molecule has 0 amide bonds. The largest absolute Gasteiger partial charge is 0.389 e. The Labute approximate surface area is 108 Å². The summed E-state index contributed by atoms with van der Waals surface area (Å²) >= 11 is 4.93. The molecule has 0 aliphatic heterocycles. The van der Waals surface area contributed by atoms with E-state index < -0.39 is 0 Å². The normalized spacial score (nSPS) is 10.5. The third kappa shape index (κ3) is 4.81. The second kappa shape index (κ2) is 7.37. The lowest BCUT2D eigenvalue weighted by atomic mass is 10.1. The Morgan fingerprint density at radius 3 is 2.71 bits per heavy atom. The molecule has 0 atom stereocenters. The van der Waals surface area contributed by atoms with Crippen LogP contribution in [0, 0.1) is 6.92 Å². The average Bonchev–Trinajstić information content (AvgIpc) is 2.30. The van der Waals surface area contributed by atoms with Crippen LogP contribution in [0.1, 0.15) is 23.1 Å². The van der Waals surface area contributed by atoms with E-state index in [-0.39, 0.29) is 0 Å². The van der Waals surface area contributed by atoms with Gasteiger partial charge in [0, 0.05) is 25.9 Å². The number of benzene rings is 1. The van der Waals surface area contributed by atoms with Gasteiger partial charge in [-0.25, -0.2) is 0 Å². The van der Waals surface area contributed by atoms with Crippen LogP contribution in [-0.4, -0.2) is 25.3 Å². The SMILES string of the molecule is COCCCOCc1ccc(C(N)=S)cc1C. The van der Waals surface area contributed by atoms with Crippen LogP contribution in [0.15, 0.2) is 18.2 Å². The van der Waals surface area contributed by atoms with Crippen LogP contribution in [0.25, 0.3) is 0 Å². The fourth-order valence-corrected chi connectivity index (χ4v) is 1.63. The molecule has 0 aliphatic carbocycles. The van der Waals surface area contributed by atoms with Crippen LogP contribution in [-0.2, 0) is 16.1 Å². The van der Waals surface area contributed by atoms with Crippen molar-refractivity contribution in [3.63, 3.8) is 0 Å². The fourth-order valence-electron chi connectivity index (χ4n) is 1.50. The smallest absolute Gasteiger partial charge is 0.103 e. The lowest BCUT2D eigenvalue weighted by Crippen LogP contribution is -2.10. The van der Waals surface area contributed by atoms with Crippen molar-refractivity contribution in [3.05, 3.63) is 34.9 Å². The van der Waals surface area contributed by atoms with Crippen LogP contribution in [0.4, 0.5) is 0 Å². The van der Waals surface area contributed by atoms with E-state index in [2.05, 4.69) is 0 Å². The summed E-state index contributed by atoms with van der Waals surface area (Å²) in [6.07, 6.45) is 0.917. The predicted molar refractivity (Wildman–Crippen MR) is 73.2 cm³/mol. The molecule has 0 heterocycles. The molecule has 0 radical (unpaired) electrons. The Morgan fingerprint density at radius 1 is 1.35 bits per heavy atom. The molecular weight excluding hydrogens is 234 g/mol. The number of rotatable bonds is 7. The first-order chi connectivity index (χ1) is 8.15. The molecule has 0 fully saturated rings. The standard InChI is InChI=1S/C13H19NO2S/c1-10-8-11(13(14)17)4-5-12(10)9-16-7-3-6-15-2/h4-5,8H,3,6-7,9H2,1-2H3,(H2,14,17). The molecule has 3 nitrogen and oxygen atoms in total. The highest BCUT2D eigenvalue weighted by atomic mass is 32.1. The van der Waals surface area contributed by atoms with Crippen molar-refractivity contribution in [2.45, 2.75) is 20.0 Å². The van der Waals surface area contributed by atoms with Gasteiger partial charge in [-0.1, -0.05) is 24.4 Å². The third-order valence-corrected chi connectivity index (χ3v) is 2.76. The topological polar surface area (TPSA) is 44.5 Å². The van der Waals surface area contributed by atoms with Gasteiger partial charge in [0.25, 0.3) is 0 Å². The van der Waals surface area contributed by atoms with Crippen molar-refractivity contribution in [1.29, 1.82) is 0 Å². The van der Waals surface area contributed by atoms with Gasteiger partial charge in [-0.05, 0) is 30.5 Å². The summed E-state index contributed by atoms with van der Waals surface area (Å²) < 4.78 is 10.5. The molecule has 1 rings (SSSR count). The number of ether oxygens (including phenoxy) is 2. The van der Waals surface area contributed by atoms with Gasteiger partial charge < -0.3 is 15.2 Å². The van der Waals surface area contributed by atoms with E-state index in [0.717, 1.165) is 24.2 Å². The highest BCUT2D eigenvalue weighted by Gasteiger charge is 2.02. The van der Waals surface area contributed by atoms with Gasteiger partial charge in [0.15, 0.2) is 0 Å². The number of aryl methyl sites for hydroxylation is 1. The summed E-state index contributed by atoms with van der Waals surface area (Å²) in [5.41, 5.74) is 8.80. The molecule has 0 bridgehead atoms. The van der Waals surface area contributed by atoms with Crippen molar-refractivity contribution >= 4 is 17.2 Å². The van der Waals surface area contributed by atoms with E-state index in [1.54, 1.807) is 7.11 Å². The van der Waals surface area contributed by atoms with E-state index in [4.69, 9.17) is 27.4 Å². The Kier molecular flexibility index (Phi) is 6.11. The van der Waals surface area contributed by atoms with E-state index >= 15 is 0 Å². The van der Waals surface area contributed by atoms with E-state index in [1.165, 1.54) is 5.56 Å². The molecular formula is C13H19NO2S. The summed E-state index contributed by atoms with van der Waals surface area (Å²) in [4.78, 5) is 0.431. The van der Waals surface area contributed by atoms with Gasteiger partial charge in [-0.15, -0.1) is 0 Å². The molecule has 0 saturated heterocycles. The highest BCUT2D eigenvalue weighted by Crippen LogP contribution is 2.12. The Bertz CT molecular complexity index is 380. The number of hydrogen-bond acceptors (Lipinski definition) is 3. The highest BCUT2D eigenvalue weighted by molar-refractivity contribution is 7.80. The number of nitrogens with two attached hydrogens (primary N) is 1. The van der Waals surface area contributed by atoms with Gasteiger partial charge in [0.2, 0.25) is 0 Å². The van der Waals surface area contributed by atoms with Crippen molar-refractivity contribution < 1.29 is 9.47 Å². The fraction of sp³-hybridized carbons (Fsp3) is 0.462. The first kappa shape index (κ1) is 14.1. The van der Waals surface area contributed by atoms with E-state index in [0.29, 0.717) is 18.2 Å². The average molecular weight is 253 g/mol. The molecule has 4 heteroatoms. The molecule has 0 aromatic heterocycles. The van der Waals surface area contributed by atoms with Crippen LogP contribution in [0.3, 0.4) is 0 Å². The van der Waals surface area contributed by atoms with Crippen molar-refractivity contribution in [2.24, 2.45) is 5.73 Å². The van der Waals surface area contributed by atoms with Crippen molar-refractivity contribution in [1.82, 2.24) is 0 Å². The van der Waals surface area contributed by atoms with Crippen molar-refractivity contribution in [2.75, 3.05) is 20.3 Å². The minimum atomic E-state index is 0.431. The minimum Gasteiger partial charge on any atom is -0.389 e. The second-order valence-electron chi connectivity index (χ2n) is 3.90. The van der Waals surface area contributed by atoms with Gasteiger partial charge in [-0.3, -0.25) is 0 Å². The molecule has 94 valence electrons. The molecule has 0 unspecified atom stereocenters. The van der Waals surface area contributed by atoms with Gasteiger partial charge in [0.1, 0.15) is 4.99 Å². The van der Waals surface area contributed by atoms with E-state index in [9.17, 15) is 0 Å². The quantitative estimate of drug-likeness (QED) is 0.597. The summed E-state index contributed by atoms with van der Waals surface area (Å²) in [6, 6.07) is 5.94. The predicted octanol–water partition coefficient (Wildman–Crippen LogP) is 2.18. The lowest BCUT2D eigenvalue weighted by Gasteiger charge is -2.08. The van der Waals surface area contributed by atoms with Crippen LogP contribution < -0.4 is 5.73 Å². The zero-order chi connectivity index (χ0) is 12.7. The molecule has 0 saturated carbocycles. The minimum absolute atomic E-state index is 0.431. The molecule has 0 aliphatic rings. The molecule has 1 aromatic carbocycles. The Balaban J connectivity index is 2.46. The number of hydrogen-bond donors (Lipinski definition) is 1. The van der Waals surface area contributed by atoms with Gasteiger partial charge in [-0.2, -0.15) is 0 Å². The number of methoxy groups -OCH3 is 1. The Hall–Kier alpha value is -0.970. The molecule has 2 N–H and O–H groups in total. The molecule has 1 aromatic rings. The van der Waals surface area contributed by atoms with E-state index in [1.807, 2.05) is 25.1 Å². The summed E-state index contributed by atoms with van der Waals surface area (Å²) in [7, 11) is 1.69. The van der Waals surface area contributed by atoms with Crippen LogP contribution in [0.5, 0.6) is 0 Å². The first-order valence-electron chi connectivity index (χ1n) is 5.61. The maximum Gasteiger partial charge on any atom is 0.103 e. The zero-order valence-corrected chi connectivity index (χ0v) is 11.2. The molecule has 0 spiro atoms. The summed E-state index contributed by atoms with van der Waals surface area (Å²) in [6.45, 7) is 4.10. The summed E-state index contributed by atoms with van der Waals surface area (Å²) in [5, 5.41) is 0. The molecule has 17 heavy (non-hydrogen) atoms. The maximum atomic E-state index is 5.57. The monoisotopic (exact) mass is 253 g/mol.